The highest BCUT2D eigenvalue weighted by Crippen LogP contribution is 2.31. The van der Waals surface area contributed by atoms with Crippen LogP contribution in [-0.2, 0) is 22.6 Å². The summed E-state index contributed by atoms with van der Waals surface area (Å²) in [6.07, 6.45) is 3.54. The van der Waals surface area contributed by atoms with Crippen LogP contribution in [0.2, 0.25) is 0 Å². The zero-order valence-corrected chi connectivity index (χ0v) is 19.0. The molecule has 0 atom stereocenters. The van der Waals surface area contributed by atoms with E-state index in [1.54, 1.807) is 42.3 Å². The maximum Gasteiger partial charge on any atom is 0.244 e. The van der Waals surface area contributed by atoms with Crippen LogP contribution in [0.25, 0.3) is 10.9 Å². The zero-order chi connectivity index (χ0) is 23.8. The lowest BCUT2D eigenvalue weighted by Crippen LogP contribution is -2.51. The lowest BCUT2D eigenvalue weighted by atomic mass is 10.0. The number of aryl methyl sites for hydroxylation is 1. The van der Waals surface area contributed by atoms with Gasteiger partial charge in [0.15, 0.2) is 5.78 Å². The van der Waals surface area contributed by atoms with Gasteiger partial charge in [-0.2, -0.15) is 5.10 Å². The standard InChI is InChI=1S/C25H26FN5O3/c1-16-3-2-4-21(27-16)23(32)12-18-11-19-14-31(28-22(19)13-20(18)26)15-24(33)29-7-9-30(10-8-29)25(34)17-5-6-17/h2-4,11,13-14,17H,5-10,12,15H2,1H3. The molecule has 1 aromatic carbocycles. The number of carbonyl (C=O) groups is 3. The van der Waals surface area contributed by atoms with Gasteiger partial charge in [-0.15, -0.1) is 0 Å². The molecule has 0 unspecified atom stereocenters. The van der Waals surface area contributed by atoms with Crippen molar-refractivity contribution in [3.8, 4) is 0 Å². The predicted molar refractivity (Wildman–Crippen MR) is 123 cm³/mol. The number of halogens is 1. The Hall–Kier alpha value is -3.62. The molecule has 176 valence electrons. The smallest absolute Gasteiger partial charge is 0.244 e. The summed E-state index contributed by atoms with van der Waals surface area (Å²) in [7, 11) is 0. The van der Waals surface area contributed by atoms with Gasteiger partial charge in [-0.3, -0.25) is 24.0 Å². The molecule has 0 spiro atoms. The first-order valence-corrected chi connectivity index (χ1v) is 11.6. The van der Waals surface area contributed by atoms with E-state index in [1.165, 1.54) is 10.7 Å². The Labute approximate surface area is 196 Å². The third-order valence-corrected chi connectivity index (χ3v) is 6.41. The number of hydrogen-bond acceptors (Lipinski definition) is 5. The number of Topliss-reactive ketones (excluding diaryl/α,β-unsaturated/α-hetero) is 1. The second-order valence-electron chi connectivity index (χ2n) is 9.07. The molecule has 1 aliphatic carbocycles. The highest BCUT2D eigenvalue weighted by molar-refractivity contribution is 5.96. The van der Waals surface area contributed by atoms with Crippen molar-refractivity contribution in [3.05, 3.63) is 59.3 Å². The van der Waals surface area contributed by atoms with Gasteiger partial charge in [-0.1, -0.05) is 6.07 Å². The molecule has 0 bridgehead atoms. The van der Waals surface area contributed by atoms with Crippen LogP contribution in [-0.4, -0.2) is 68.3 Å². The number of piperazine rings is 1. The maximum atomic E-state index is 14.7. The molecule has 1 aliphatic heterocycles. The van der Waals surface area contributed by atoms with Gasteiger partial charge in [0.2, 0.25) is 11.8 Å². The average Bonchev–Trinajstić information content (AvgIpc) is 3.60. The van der Waals surface area contributed by atoms with E-state index in [1.807, 2.05) is 4.90 Å². The molecule has 1 saturated carbocycles. The Kier molecular flexibility index (Phi) is 5.85. The van der Waals surface area contributed by atoms with Crippen LogP contribution in [0.3, 0.4) is 0 Å². The van der Waals surface area contributed by atoms with Gasteiger partial charge in [0.25, 0.3) is 0 Å². The number of benzene rings is 1. The molecule has 5 rings (SSSR count). The molecular weight excluding hydrogens is 437 g/mol. The second kappa shape index (κ2) is 8.96. The fourth-order valence-electron chi connectivity index (χ4n) is 4.33. The van der Waals surface area contributed by atoms with Crippen molar-refractivity contribution < 1.29 is 18.8 Å². The molecule has 0 radical (unpaired) electrons. The monoisotopic (exact) mass is 463 g/mol. The van der Waals surface area contributed by atoms with E-state index in [9.17, 15) is 18.8 Å². The molecule has 2 aliphatic rings. The Bertz CT molecular complexity index is 1270. The molecule has 3 aromatic rings. The van der Waals surface area contributed by atoms with Crippen molar-refractivity contribution in [3.63, 3.8) is 0 Å². The van der Waals surface area contributed by atoms with Crippen molar-refractivity contribution in [2.75, 3.05) is 26.2 Å². The van der Waals surface area contributed by atoms with Gasteiger partial charge >= 0.3 is 0 Å². The maximum absolute atomic E-state index is 14.7. The number of ketones is 1. The molecule has 3 heterocycles. The molecule has 1 saturated heterocycles. The van der Waals surface area contributed by atoms with E-state index in [2.05, 4.69) is 10.1 Å². The number of pyridine rings is 1. The van der Waals surface area contributed by atoms with Crippen LogP contribution in [0, 0.1) is 18.7 Å². The largest absolute Gasteiger partial charge is 0.339 e. The third-order valence-electron chi connectivity index (χ3n) is 6.41. The summed E-state index contributed by atoms with van der Waals surface area (Å²) in [6.45, 7) is 3.96. The van der Waals surface area contributed by atoms with Gasteiger partial charge in [0.1, 0.15) is 18.1 Å². The first-order chi connectivity index (χ1) is 16.4. The minimum absolute atomic E-state index is 0.0361. The molecule has 34 heavy (non-hydrogen) atoms. The van der Waals surface area contributed by atoms with Crippen molar-refractivity contribution in [2.45, 2.75) is 32.7 Å². The summed E-state index contributed by atoms with van der Waals surface area (Å²) in [5.74, 6) is -0.467. The Morgan fingerprint density at radius 1 is 1.06 bits per heavy atom. The lowest BCUT2D eigenvalue weighted by Gasteiger charge is -2.34. The molecule has 2 aromatic heterocycles. The SMILES string of the molecule is Cc1cccc(C(=O)Cc2cc3cn(CC(=O)N4CCN(C(=O)C5CC5)CC4)nc3cc2F)n1. The Morgan fingerprint density at radius 3 is 2.50 bits per heavy atom. The topological polar surface area (TPSA) is 88.4 Å². The molecule has 8 nitrogen and oxygen atoms in total. The third kappa shape index (κ3) is 4.69. The number of aromatic nitrogens is 3. The molecule has 2 fully saturated rings. The zero-order valence-electron chi connectivity index (χ0n) is 19.0. The fraction of sp³-hybridized carbons (Fsp3) is 0.400. The van der Waals surface area contributed by atoms with Crippen molar-refractivity contribution >= 4 is 28.5 Å². The first kappa shape index (κ1) is 22.2. The van der Waals surface area contributed by atoms with E-state index in [0.717, 1.165) is 18.5 Å². The van der Waals surface area contributed by atoms with Crippen LogP contribution in [0.5, 0.6) is 0 Å². The van der Waals surface area contributed by atoms with Crippen molar-refractivity contribution in [2.24, 2.45) is 5.92 Å². The van der Waals surface area contributed by atoms with Crippen LogP contribution >= 0.6 is 0 Å². The van der Waals surface area contributed by atoms with Crippen molar-refractivity contribution in [1.82, 2.24) is 24.6 Å². The minimum atomic E-state index is -0.512. The first-order valence-electron chi connectivity index (χ1n) is 11.6. The van der Waals surface area contributed by atoms with Gasteiger partial charge in [0, 0.05) is 61.9 Å². The predicted octanol–water partition coefficient (Wildman–Crippen LogP) is 2.39. The van der Waals surface area contributed by atoms with E-state index in [0.29, 0.717) is 42.8 Å². The summed E-state index contributed by atoms with van der Waals surface area (Å²) in [6, 6.07) is 8.07. The number of nitrogens with zero attached hydrogens (tertiary/aromatic N) is 5. The van der Waals surface area contributed by atoms with E-state index < -0.39 is 5.82 Å². The Balaban J connectivity index is 1.24. The van der Waals surface area contributed by atoms with E-state index in [-0.39, 0.29) is 42.0 Å². The molecule has 0 N–H and O–H groups in total. The molecule has 2 amide bonds. The summed E-state index contributed by atoms with van der Waals surface area (Å²) < 4.78 is 16.2. The lowest BCUT2D eigenvalue weighted by molar-refractivity contribution is -0.140. The van der Waals surface area contributed by atoms with Crippen LogP contribution in [0.15, 0.2) is 36.5 Å². The summed E-state index contributed by atoms with van der Waals surface area (Å²) >= 11 is 0. The normalized spacial score (nSPS) is 16.2. The van der Waals surface area contributed by atoms with Crippen LogP contribution in [0.4, 0.5) is 4.39 Å². The highest BCUT2D eigenvalue weighted by atomic mass is 19.1. The number of amides is 2. The number of rotatable bonds is 6. The average molecular weight is 464 g/mol. The van der Waals surface area contributed by atoms with E-state index >= 15 is 0 Å². The summed E-state index contributed by atoms with van der Waals surface area (Å²) in [4.78, 5) is 45.3. The van der Waals surface area contributed by atoms with Crippen LogP contribution in [0.1, 0.15) is 34.6 Å². The number of fused-ring (bicyclic) bond motifs is 1. The number of hydrogen-bond donors (Lipinski definition) is 0. The van der Waals surface area contributed by atoms with Crippen LogP contribution < -0.4 is 0 Å². The fourth-order valence-corrected chi connectivity index (χ4v) is 4.33. The van der Waals surface area contributed by atoms with Gasteiger partial charge in [0.05, 0.1) is 5.52 Å². The van der Waals surface area contributed by atoms with Gasteiger partial charge < -0.3 is 9.80 Å². The summed E-state index contributed by atoms with van der Waals surface area (Å²) in [5.41, 5.74) is 1.72. The molecule has 9 heteroatoms. The van der Waals surface area contributed by atoms with Gasteiger partial charge in [-0.25, -0.2) is 4.39 Å². The number of carbonyl (C=O) groups excluding carboxylic acids is 3. The second-order valence-corrected chi connectivity index (χ2v) is 9.07. The summed E-state index contributed by atoms with van der Waals surface area (Å²) in [5, 5.41) is 5.00. The van der Waals surface area contributed by atoms with Gasteiger partial charge in [-0.05, 0) is 43.5 Å². The van der Waals surface area contributed by atoms with E-state index in [4.69, 9.17) is 0 Å². The quantitative estimate of drug-likeness (QED) is 0.524. The molecular formula is C25H26FN5O3. The minimum Gasteiger partial charge on any atom is -0.339 e. The Morgan fingerprint density at radius 2 is 1.79 bits per heavy atom. The van der Waals surface area contributed by atoms with Crippen molar-refractivity contribution in [1.29, 1.82) is 0 Å². The highest BCUT2D eigenvalue weighted by Gasteiger charge is 2.35.